The first-order valence-electron chi connectivity index (χ1n) is 6.99. The molecule has 1 aliphatic rings. The molecular weight excluding hydrogens is 240 g/mol. The fraction of sp³-hybridized carbons (Fsp3) is 0.733. The Morgan fingerprint density at radius 1 is 1.44 bits per heavy atom. The minimum absolute atomic E-state index is 0.455. The van der Waals surface area contributed by atoms with E-state index in [2.05, 4.69) is 50.0 Å². The molecule has 102 valence electrons. The van der Waals surface area contributed by atoms with Crippen LogP contribution >= 0.6 is 11.3 Å². The number of nitrogens with zero attached hydrogens (tertiary/aromatic N) is 1. The average Bonchev–Trinajstić information content (AvgIpc) is 2.87. The lowest BCUT2D eigenvalue weighted by atomic mass is 9.89. The SMILES string of the molecule is Cc1ccc(CN(CC2(C)CCNC2)C(C)C)s1. The maximum Gasteiger partial charge on any atom is 0.0330 e. The second kappa shape index (κ2) is 5.72. The van der Waals surface area contributed by atoms with Crippen LogP contribution in [0.4, 0.5) is 0 Å². The predicted molar refractivity (Wildman–Crippen MR) is 80.2 cm³/mol. The Bertz CT molecular complexity index is 378. The largest absolute Gasteiger partial charge is 0.316 e. The van der Waals surface area contributed by atoms with Crippen LogP contribution < -0.4 is 5.32 Å². The van der Waals surface area contributed by atoms with Crippen molar-refractivity contribution in [3.8, 4) is 0 Å². The summed E-state index contributed by atoms with van der Waals surface area (Å²) in [4.78, 5) is 5.54. The second-order valence-electron chi connectivity index (χ2n) is 6.25. The van der Waals surface area contributed by atoms with Gasteiger partial charge in [-0.15, -0.1) is 11.3 Å². The molecule has 2 rings (SSSR count). The number of thiophene rings is 1. The van der Waals surface area contributed by atoms with E-state index in [-0.39, 0.29) is 0 Å². The van der Waals surface area contributed by atoms with Crippen LogP contribution in [-0.2, 0) is 6.54 Å². The van der Waals surface area contributed by atoms with Crippen molar-refractivity contribution in [1.29, 1.82) is 0 Å². The van der Waals surface area contributed by atoms with Gasteiger partial charge in [-0.25, -0.2) is 0 Å². The van der Waals surface area contributed by atoms with Gasteiger partial charge < -0.3 is 5.32 Å². The molecule has 1 saturated heterocycles. The van der Waals surface area contributed by atoms with E-state index in [9.17, 15) is 0 Å². The molecule has 0 spiro atoms. The molecule has 0 bridgehead atoms. The molecule has 18 heavy (non-hydrogen) atoms. The summed E-state index contributed by atoms with van der Waals surface area (Å²) in [6.07, 6.45) is 1.31. The molecule has 0 saturated carbocycles. The highest BCUT2D eigenvalue weighted by molar-refractivity contribution is 7.11. The molecular formula is C15H26N2S. The third-order valence-electron chi connectivity index (χ3n) is 3.93. The van der Waals surface area contributed by atoms with Crippen molar-refractivity contribution in [2.45, 2.75) is 46.7 Å². The van der Waals surface area contributed by atoms with E-state index in [1.54, 1.807) is 0 Å². The van der Waals surface area contributed by atoms with Crippen LogP contribution in [0.3, 0.4) is 0 Å². The lowest BCUT2D eigenvalue weighted by molar-refractivity contribution is 0.138. The lowest BCUT2D eigenvalue weighted by Gasteiger charge is -2.34. The van der Waals surface area contributed by atoms with Crippen LogP contribution in [0.15, 0.2) is 12.1 Å². The second-order valence-corrected chi connectivity index (χ2v) is 7.62. The lowest BCUT2D eigenvalue weighted by Crippen LogP contribution is -2.40. The maximum atomic E-state index is 3.50. The molecule has 2 heterocycles. The van der Waals surface area contributed by atoms with Crippen LogP contribution in [0.1, 0.15) is 36.9 Å². The molecule has 0 radical (unpaired) electrons. The molecule has 1 N–H and O–H groups in total. The Morgan fingerprint density at radius 3 is 2.72 bits per heavy atom. The highest BCUT2D eigenvalue weighted by Crippen LogP contribution is 2.28. The Labute approximate surface area is 115 Å². The smallest absolute Gasteiger partial charge is 0.0330 e. The predicted octanol–water partition coefficient (Wildman–Crippen LogP) is 3.27. The monoisotopic (exact) mass is 266 g/mol. The normalized spacial score (nSPS) is 24.3. The summed E-state index contributed by atoms with van der Waals surface area (Å²) in [5, 5.41) is 3.50. The van der Waals surface area contributed by atoms with E-state index < -0.39 is 0 Å². The minimum Gasteiger partial charge on any atom is -0.316 e. The van der Waals surface area contributed by atoms with Crippen LogP contribution in [0, 0.1) is 12.3 Å². The van der Waals surface area contributed by atoms with Gasteiger partial charge in [-0.3, -0.25) is 4.90 Å². The summed E-state index contributed by atoms with van der Waals surface area (Å²) in [7, 11) is 0. The molecule has 1 fully saturated rings. The highest BCUT2D eigenvalue weighted by Gasteiger charge is 2.31. The first-order chi connectivity index (χ1) is 8.48. The van der Waals surface area contributed by atoms with Gasteiger partial charge in [-0.05, 0) is 51.3 Å². The van der Waals surface area contributed by atoms with E-state index in [0.29, 0.717) is 11.5 Å². The summed E-state index contributed by atoms with van der Waals surface area (Å²) in [6, 6.07) is 5.13. The van der Waals surface area contributed by atoms with Crippen LogP contribution in [0.5, 0.6) is 0 Å². The summed E-state index contributed by atoms with van der Waals surface area (Å²) < 4.78 is 0. The zero-order valence-electron chi connectivity index (χ0n) is 12.1. The Hall–Kier alpha value is -0.380. The van der Waals surface area contributed by atoms with Gasteiger partial charge in [0.25, 0.3) is 0 Å². The Kier molecular flexibility index (Phi) is 4.46. The molecule has 1 aliphatic heterocycles. The van der Waals surface area contributed by atoms with Crippen molar-refractivity contribution in [3.63, 3.8) is 0 Å². The fourth-order valence-electron chi connectivity index (χ4n) is 2.69. The van der Waals surface area contributed by atoms with Crippen molar-refractivity contribution < 1.29 is 0 Å². The molecule has 0 aliphatic carbocycles. The average molecular weight is 266 g/mol. The maximum absolute atomic E-state index is 3.50. The first kappa shape index (κ1) is 14.0. The topological polar surface area (TPSA) is 15.3 Å². The number of nitrogens with one attached hydrogen (secondary N) is 1. The zero-order valence-corrected chi connectivity index (χ0v) is 12.9. The molecule has 0 amide bonds. The molecule has 2 nitrogen and oxygen atoms in total. The van der Waals surface area contributed by atoms with Gasteiger partial charge >= 0.3 is 0 Å². The molecule has 1 unspecified atom stereocenters. The van der Waals surface area contributed by atoms with E-state index in [1.165, 1.54) is 35.8 Å². The molecule has 1 aromatic heterocycles. The first-order valence-corrected chi connectivity index (χ1v) is 7.80. The van der Waals surface area contributed by atoms with Crippen molar-refractivity contribution in [1.82, 2.24) is 10.2 Å². The van der Waals surface area contributed by atoms with Gasteiger partial charge in [-0.2, -0.15) is 0 Å². The van der Waals surface area contributed by atoms with Crippen molar-refractivity contribution in [2.75, 3.05) is 19.6 Å². The zero-order chi connectivity index (χ0) is 13.2. The minimum atomic E-state index is 0.455. The standard InChI is InChI=1S/C15H26N2S/c1-12(2)17(9-14-6-5-13(3)18-14)11-15(4)7-8-16-10-15/h5-6,12,16H,7-11H2,1-4H3. The summed E-state index contributed by atoms with van der Waals surface area (Å²) >= 11 is 1.93. The van der Waals surface area contributed by atoms with E-state index in [0.717, 1.165) is 6.54 Å². The quantitative estimate of drug-likeness (QED) is 0.880. The number of rotatable bonds is 5. The number of hydrogen-bond acceptors (Lipinski definition) is 3. The van der Waals surface area contributed by atoms with Gasteiger partial charge in [0, 0.05) is 35.4 Å². The van der Waals surface area contributed by atoms with Crippen molar-refractivity contribution in [3.05, 3.63) is 21.9 Å². The third-order valence-corrected chi connectivity index (χ3v) is 4.91. The van der Waals surface area contributed by atoms with Gasteiger partial charge in [-0.1, -0.05) is 6.92 Å². The van der Waals surface area contributed by atoms with E-state index in [1.807, 2.05) is 11.3 Å². The van der Waals surface area contributed by atoms with E-state index in [4.69, 9.17) is 0 Å². The number of hydrogen-bond donors (Lipinski definition) is 1. The van der Waals surface area contributed by atoms with Gasteiger partial charge in [0.05, 0.1) is 0 Å². The van der Waals surface area contributed by atoms with Gasteiger partial charge in [0.15, 0.2) is 0 Å². The molecule has 1 aromatic rings. The molecule has 0 aromatic carbocycles. The summed E-state index contributed by atoms with van der Waals surface area (Å²) in [5.74, 6) is 0. The van der Waals surface area contributed by atoms with Gasteiger partial charge in [0.2, 0.25) is 0 Å². The third kappa shape index (κ3) is 3.56. The van der Waals surface area contributed by atoms with Crippen molar-refractivity contribution >= 4 is 11.3 Å². The molecule has 1 atom stereocenters. The fourth-order valence-corrected chi connectivity index (χ4v) is 3.60. The summed E-state index contributed by atoms with van der Waals surface area (Å²) in [6.45, 7) is 13.9. The molecule has 3 heteroatoms. The summed E-state index contributed by atoms with van der Waals surface area (Å²) in [5.41, 5.74) is 0.455. The van der Waals surface area contributed by atoms with Crippen LogP contribution in [0.2, 0.25) is 0 Å². The Morgan fingerprint density at radius 2 is 2.22 bits per heavy atom. The van der Waals surface area contributed by atoms with Crippen LogP contribution in [0.25, 0.3) is 0 Å². The van der Waals surface area contributed by atoms with E-state index >= 15 is 0 Å². The van der Waals surface area contributed by atoms with Crippen molar-refractivity contribution in [2.24, 2.45) is 5.41 Å². The van der Waals surface area contributed by atoms with Gasteiger partial charge in [0.1, 0.15) is 0 Å². The number of aryl methyl sites for hydroxylation is 1. The highest BCUT2D eigenvalue weighted by atomic mass is 32.1. The Balaban J connectivity index is 1.99. The van der Waals surface area contributed by atoms with Crippen LogP contribution in [-0.4, -0.2) is 30.6 Å².